The fraction of sp³-hybridized carbons (Fsp3) is 0.615. The van der Waals surface area contributed by atoms with Gasteiger partial charge in [0.2, 0.25) is 0 Å². The summed E-state index contributed by atoms with van der Waals surface area (Å²) in [6.07, 6.45) is 9.39. The zero-order valence-electron chi connectivity index (χ0n) is 28.3. The number of aromatic amines is 1. The number of aromatic nitrogens is 2. The van der Waals surface area contributed by atoms with E-state index in [9.17, 15) is 0 Å². The Bertz CT molecular complexity index is 1510. The number of rotatable bonds is 4. The molecule has 4 aliphatic carbocycles. The van der Waals surface area contributed by atoms with E-state index in [1.54, 1.807) is 0 Å². The monoisotopic (exact) mass is 624 g/mol. The first-order valence-corrected chi connectivity index (χ1v) is 19.5. The van der Waals surface area contributed by atoms with Crippen LogP contribution in [0.5, 0.6) is 0 Å². The van der Waals surface area contributed by atoms with Crippen molar-refractivity contribution >= 4 is 18.7 Å². The van der Waals surface area contributed by atoms with Crippen LogP contribution in [0.3, 0.4) is 0 Å². The van der Waals surface area contributed by atoms with Crippen molar-refractivity contribution in [3.8, 4) is 0 Å². The van der Waals surface area contributed by atoms with Crippen LogP contribution in [0.25, 0.3) is 0 Å². The predicted molar refractivity (Wildman–Crippen MR) is 181 cm³/mol. The van der Waals surface area contributed by atoms with Crippen LogP contribution in [-0.4, -0.2) is 42.6 Å². The maximum atomic E-state index is 7.79. The second kappa shape index (κ2) is 10.1. The average molecular weight is 625 g/mol. The van der Waals surface area contributed by atoms with Crippen LogP contribution in [0.2, 0.25) is 5.04 Å². The Kier molecular flexibility index (Phi) is 6.77. The van der Waals surface area contributed by atoms with E-state index in [4.69, 9.17) is 13.9 Å². The number of fused-ring (bicyclic) bond motifs is 10. The number of hydrogen-bond acceptors (Lipinski definition) is 4. The van der Waals surface area contributed by atoms with Gasteiger partial charge in [0.25, 0.3) is 8.32 Å². The van der Waals surface area contributed by atoms with Gasteiger partial charge in [0.1, 0.15) is 0 Å². The maximum Gasteiger partial charge on any atom is 0.261 e. The maximum absolute atomic E-state index is 7.79. The number of nitrogens with one attached hydrogen (secondary N) is 1. The minimum absolute atomic E-state index is 0.0351. The van der Waals surface area contributed by atoms with E-state index in [0.717, 1.165) is 19.3 Å². The molecule has 0 unspecified atom stereocenters. The Morgan fingerprint density at radius 3 is 2.11 bits per heavy atom. The minimum Gasteiger partial charge on any atom is -0.404 e. The second-order valence-electron chi connectivity index (χ2n) is 17.1. The van der Waals surface area contributed by atoms with Crippen LogP contribution in [0.4, 0.5) is 0 Å². The third kappa shape index (κ3) is 4.31. The lowest BCUT2D eigenvalue weighted by Gasteiger charge is -2.63. The molecule has 0 radical (unpaired) electrons. The van der Waals surface area contributed by atoms with Gasteiger partial charge < -0.3 is 13.9 Å². The molecule has 0 amide bonds. The van der Waals surface area contributed by atoms with Crippen molar-refractivity contribution in [2.24, 2.45) is 29.1 Å². The molecule has 6 heteroatoms. The van der Waals surface area contributed by atoms with Crippen molar-refractivity contribution in [1.82, 2.24) is 10.2 Å². The molecule has 1 saturated heterocycles. The first kappa shape index (κ1) is 30.1. The van der Waals surface area contributed by atoms with Gasteiger partial charge in [-0.1, -0.05) is 95.3 Å². The Morgan fingerprint density at radius 1 is 0.822 bits per heavy atom. The van der Waals surface area contributed by atoms with E-state index in [1.165, 1.54) is 40.9 Å². The fourth-order valence-corrected chi connectivity index (χ4v) is 16.1. The number of nitrogens with zero attached hydrogens (tertiary/aromatic N) is 1. The molecular weight excluding hydrogens is 573 g/mol. The van der Waals surface area contributed by atoms with Gasteiger partial charge in [0, 0.05) is 17.2 Å². The highest BCUT2D eigenvalue weighted by atomic mass is 28.4. The van der Waals surface area contributed by atoms with Gasteiger partial charge in [0.05, 0.1) is 18.4 Å². The van der Waals surface area contributed by atoms with Gasteiger partial charge in [-0.25, -0.2) is 0 Å². The van der Waals surface area contributed by atoms with Gasteiger partial charge >= 0.3 is 0 Å². The van der Waals surface area contributed by atoms with E-state index in [2.05, 4.69) is 126 Å². The van der Waals surface area contributed by atoms with Crippen molar-refractivity contribution in [3.63, 3.8) is 0 Å². The highest BCUT2D eigenvalue weighted by molar-refractivity contribution is 6.99. The van der Waals surface area contributed by atoms with Crippen molar-refractivity contribution in [3.05, 3.63) is 78.1 Å². The standard InChI is InChI=1S/C39H52N2O3Si/c1-36(2,3)45(27-14-10-8-11-15-27,28-16-12-9-13-17-28)44-26-18-20-38(6)29-19-21-39(7)30(22-25-24-40-41-35(25)39)32(29)34-33(31(38)23-26)42-37(4,5)43-34/h8-17,24,26,29-34H,18-23H2,1-7H3,(H,40,41)/t26-,29-,30-,31+,32+,33+,34+,38+,39-/m0/s1. The Morgan fingerprint density at radius 2 is 1.47 bits per heavy atom. The van der Waals surface area contributed by atoms with Gasteiger partial charge in [-0.15, -0.1) is 0 Å². The molecule has 2 aromatic carbocycles. The first-order chi connectivity index (χ1) is 21.4. The summed E-state index contributed by atoms with van der Waals surface area (Å²) in [5.74, 6) is 1.53. The van der Waals surface area contributed by atoms with Crippen LogP contribution in [0, 0.1) is 29.1 Å². The molecule has 1 N–H and O–H groups in total. The third-order valence-electron chi connectivity index (χ3n) is 13.4. The normalized spacial score (nSPS) is 38.5. The summed E-state index contributed by atoms with van der Waals surface area (Å²) in [5, 5.41) is 10.6. The van der Waals surface area contributed by atoms with Crippen LogP contribution in [0.15, 0.2) is 66.9 Å². The summed E-state index contributed by atoms with van der Waals surface area (Å²) >= 11 is 0. The molecule has 45 heavy (non-hydrogen) atoms. The lowest BCUT2D eigenvalue weighted by molar-refractivity contribution is -0.178. The zero-order valence-corrected chi connectivity index (χ0v) is 29.3. The van der Waals surface area contributed by atoms with Crippen LogP contribution < -0.4 is 10.4 Å². The van der Waals surface area contributed by atoms with Gasteiger partial charge in [0.15, 0.2) is 5.79 Å². The lowest BCUT2D eigenvalue weighted by atomic mass is 9.43. The second-order valence-corrected chi connectivity index (χ2v) is 21.3. The Hall–Kier alpha value is -2.25. The van der Waals surface area contributed by atoms with E-state index in [-0.39, 0.29) is 34.2 Å². The van der Waals surface area contributed by atoms with Gasteiger partial charge in [-0.05, 0) is 102 Å². The van der Waals surface area contributed by atoms with E-state index in [0.29, 0.717) is 23.7 Å². The molecule has 5 nitrogen and oxygen atoms in total. The molecule has 4 fully saturated rings. The summed E-state index contributed by atoms with van der Waals surface area (Å²) in [6.45, 7) is 16.6. The van der Waals surface area contributed by atoms with Crippen molar-refractivity contribution < 1.29 is 13.9 Å². The molecule has 0 spiro atoms. The molecule has 240 valence electrons. The van der Waals surface area contributed by atoms with Crippen molar-refractivity contribution in [2.45, 2.75) is 122 Å². The highest BCUT2D eigenvalue weighted by Gasteiger charge is 2.68. The molecule has 3 aromatic rings. The van der Waals surface area contributed by atoms with E-state index in [1.807, 2.05) is 0 Å². The summed E-state index contributed by atoms with van der Waals surface area (Å²) in [4.78, 5) is 0. The lowest BCUT2D eigenvalue weighted by Crippen LogP contribution is -2.69. The predicted octanol–water partition coefficient (Wildman–Crippen LogP) is 7.15. The number of benzene rings is 2. The quantitative estimate of drug-likeness (QED) is 0.313. The summed E-state index contributed by atoms with van der Waals surface area (Å²) in [5.41, 5.74) is 3.15. The van der Waals surface area contributed by atoms with Crippen LogP contribution in [-0.2, 0) is 25.7 Å². The van der Waals surface area contributed by atoms with E-state index >= 15 is 0 Å². The highest BCUT2D eigenvalue weighted by Crippen LogP contribution is 2.68. The Balaban J connectivity index is 1.17. The molecule has 9 atom stereocenters. The van der Waals surface area contributed by atoms with Crippen LogP contribution >= 0.6 is 0 Å². The molecule has 1 aromatic heterocycles. The molecule has 1 aliphatic heterocycles. The number of hydrogen-bond donors (Lipinski definition) is 1. The molecule has 8 rings (SSSR count). The number of H-pyrrole nitrogens is 1. The average Bonchev–Trinajstić information content (AvgIpc) is 3.68. The van der Waals surface area contributed by atoms with Gasteiger partial charge in [-0.2, -0.15) is 5.10 Å². The zero-order chi connectivity index (χ0) is 31.4. The largest absolute Gasteiger partial charge is 0.404 e. The smallest absolute Gasteiger partial charge is 0.261 e. The third-order valence-corrected chi connectivity index (χ3v) is 18.5. The van der Waals surface area contributed by atoms with Gasteiger partial charge in [-0.3, -0.25) is 5.10 Å². The summed E-state index contributed by atoms with van der Waals surface area (Å²) < 4.78 is 21.8. The SMILES string of the molecule is CC1(C)O[C@H]2[C@H](O1)[C@H]1C[C@@H](O[Si](c3ccccc3)(c3ccccc3)C(C)(C)C)CC[C@]1(C)[C@H]1CC[C@]3(C)c4[nH]ncc4C[C@H]3[C@H]21. The Labute approximate surface area is 271 Å². The van der Waals surface area contributed by atoms with Crippen molar-refractivity contribution in [2.75, 3.05) is 0 Å². The number of ether oxygens (including phenoxy) is 2. The van der Waals surface area contributed by atoms with Crippen molar-refractivity contribution in [1.29, 1.82) is 0 Å². The molecule has 0 bridgehead atoms. The summed E-state index contributed by atoms with van der Waals surface area (Å²) in [7, 11) is -2.65. The minimum atomic E-state index is -2.65. The topological polar surface area (TPSA) is 56.4 Å². The first-order valence-electron chi connectivity index (χ1n) is 17.5. The molecule has 2 heterocycles. The molecule has 3 saturated carbocycles. The van der Waals surface area contributed by atoms with Crippen LogP contribution in [0.1, 0.15) is 91.8 Å². The molecular formula is C39H52N2O3Si. The molecule has 5 aliphatic rings. The van der Waals surface area contributed by atoms with E-state index < -0.39 is 14.1 Å². The fourth-order valence-electron chi connectivity index (χ4n) is 11.4. The summed E-state index contributed by atoms with van der Waals surface area (Å²) in [6, 6.07) is 22.3.